The highest BCUT2D eigenvalue weighted by Gasteiger charge is 2.22. The highest BCUT2D eigenvalue weighted by molar-refractivity contribution is 6.31. The molecule has 2 heterocycles. The van der Waals surface area contributed by atoms with Crippen LogP contribution in [0.2, 0.25) is 5.02 Å². The fraction of sp³-hybridized carbons (Fsp3) is 0.0769. The van der Waals surface area contributed by atoms with Crippen LogP contribution in [0.3, 0.4) is 0 Å². The molecular formula is C26H19ClN2O3. The van der Waals surface area contributed by atoms with E-state index in [-0.39, 0.29) is 18.0 Å². The first-order valence-corrected chi connectivity index (χ1v) is 10.6. The van der Waals surface area contributed by atoms with Crippen molar-refractivity contribution in [3.63, 3.8) is 0 Å². The second kappa shape index (κ2) is 8.36. The lowest BCUT2D eigenvalue weighted by molar-refractivity contribution is 0.0949. The minimum atomic E-state index is -0.664. The number of rotatable bonds is 5. The minimum Gasteiger partial charge on any atom is -0.422 e. The van der Waals surface area contributed by atoms with Gasteiger partial charge in [-0.2, -0.15) is 0 Å². The van der Waals surface area contributed by atoms with Crippen LogP contribution in [-0.2, 0) is 0 Å². The number of hydrogen-bond acceptors (Lipinski definition) is 3. The van der Waals surface area contributed by atoms with E-state index in [9.17, 15) is 9.59 Å². The van der Waals surface area contributed by atoms with Crippen LogP contribution in [0, 0.1) is 0 Å². The van der Waals surface area contributed by atoms with Gasteiger partial charge in [0.2, 0.25) is 0 Å². The van der Waals surface area contributed by atoms with E-state index in [4.69, 9.17) is 16.0 Å². The molecule has 0 bridgehead atoms. The predicted octanol–water partition coefficient (Wildman–Crippen LogP) is 5.49. The number of carbonyl (C=O) groups is 1. The first kappa shape index (κ1) is 20.1. The lowest BCUT2D eigenvalue weighted by Gasteiger charge is -2.19. The molecule has 6 heteroatoms. The van der Waals surface area contributed by atoms with Crippen molar-refractivity contribution in [2.75, 3.05) is 6.54 Å². The Morgan fingerprint density at radius 3 is 2.59 bits per heavy atom. The second-order valence-electron chi connectivity index (χ2n) is 7.56. The topological polar surface area (TPSA) is 75.1 Å². The van der Waals surface area contributed by atoms with Crippen LogP contribution in [0.5, 0.6) is 0 Å². The average molecular weight is 443 g/mol. The molecule has 0 spiro atoms. The lowest BCUT2D eigenvalue weighted by Crippen LogP contribution is -2.32. The van der Waals surface area contributed by atoms with E-state index < -0.39 is 11.5 Å². The van der Waals surface area contributed by atoms with Crippen molar-refractivity contribution in [2.24, 2.45) is 0 Å². The van der Waals surface area contributed by atoms with Crippen LogP contribution in [0.25, 0.3) is 21.9 Å². The van der Waals surface area contributed by atoms with E-state index in [1.165, 1.54) is 0 Å². The number of amides is 1. The van der Waals surface area contributed by atoms with Gasteiger partial charge in [0.05, 0.1) is 0 Å². The summed E-state index contributed by atoms with van der Waals surface area (Å²) in [4.78, 5) is 28.6. The molecule has 5 rings (SSSR count). The van der Waals surface area contributed by atoms with Gasteiger partial charge in [-0.05, 0) is 35.4 Å². The summed E-state index contributed by atoms with van der Waals surface area (Å²) < 4.78 is 5.31. The molecular weight excluding hydrogens is 424 g/mol. The molecule has 1 amide bonds. The maximum absolute atomic E-state index is 13.0. The SMILES string of the molecule is O=C(NC[C@H](c1ccccc1Cl)c1c[nH]c2ccccc12)c1cc2ccccc2oc1=O. The smallest absolute Gasteiger partial charge is 0.349 e. The molecule has 32 heavy (non-hydrogen) atoms. The van der Waals surface area contributed by atoms with Gasteiger partial charge in [-0.3, -0.25) is 4.79 Å². The number of aromatic nitrogens is 1. The van der Waals surface area contributed by atoms with Gasteiger partial charge in [0.25, 0.3) is 5.91 Å². The van der Waals surface area contributed by atoms with Gasteiger partial charge in [0.15, 0.2) is 0 Å². The molecule has 5 aromatic rings. The van der Waals surface area contributed by atoms with Crippen molar-refractivity contribution in [2.45, 2.75) is 5.92 Å². The Hall–Kier alpha value is -3.83. The van der Waals surface area contributed by atoms with Crippen LogP contribution in [-0.4, -0.2) is 17.4 Å². The number of hydrogen-bond donors (Lipinski definition) is 2. The Balaban J connectivity index is 1.50. The summed E-state index contributed by atoms with van der Waals surface area (Å²) in [5.74, 6) is -0.697. The Morgan fingerprint density at radius 1 is 0.969 bits per heavy atom. The van der Waals surface area contributed by atoms with Crippen molar-refractivity contribution >= 4 is 39.4 Å². The number of benzene rings is 3. The number of fused-ring (bicyclic) bond motifs is 2. The average Bonchev–Trinajstić information content (AvgIpc) is 3.24. The zero-order chi connectivity index (χ0) is 22.1. The molecule has 1 atom stereocenters. The maximum atomic E-state index is 13.0. The molecule has 0 aliphatic heterocycles. The first-order valence-electron chi connectivity index (χ1n) is 10.2. The largest absolute Gasteiger partial charge is 0.422 e. The third-order valence-corrected chi connectivity index (χ3v) is 5.97. The number of halogens is 1. The van der Waals surface area contributed by atoms with E-state index in [0.717, 1.165) is 22.0 Å². The van der Waals surface area contributed by atoms with Gasteiger partial charge in [0, 0.05) is 40.0 Å². The molecule has 2 aromatic heterocycles. The van der Waals surface area contributed by atoms with Crippen molar-refractivity contribution in [3.05, 3.63) is 117 Å². The first-order chi connectivity index (χ1) is 15.6. The summed E-state index contributed by atoms with van der Waals surface area (Å²) in [6.45, 7) is 0.261. The normalized spacial score (nSPS) is 12.2. The molecule has 0 aliphatic rings. The minimum absolute atomic E-state index is 0.0273. The molecule has 2 N–H and O–H groups in total. The Morgan fingerprint density at radius 2 is 1.72 bits per heavy atom. The number of H-pyrrole nitrogens is 1. The zero-order valence-electron chi connectivity index (χ0n) is 17.0. The van der Waals surface area contributed by atoms with Gasteiger partial charge in [-0.1, -0.05) is 66.2 Å². The molecule has 0 unspecified atom stereocenters. The van der Waals surface area contributed by atoms with Crippen LogP contribution in [0.4, 0.5) is 0 Å². The Kier molecular flexibility index (Phi) is 5.25. The summed E-state index contributed by atoms with van der Waals surface area (Å²) in [7, 11) is 0. The highest BCUT2D eigenvalue weighted by atomic mass is 35.5. The van der Waals surface area contributed by atoms with E-state index in [1.54, 1.807) is 24.3 Å². The Bertz CT molecular complexity index is 1500. The van der Waals surface area contributed by atoms with Gasteiger partial charge in [-0.25, -0.2) is 4.79 Å². The lowest BCUT2D eigenvalue weighted by atomic mass is 9.90. The van der Waals surface area contributed by atoms with E-state index >= 15 is 0 Å². The fourth-order valence-corrected chi connectivity index (χ4v) is 4.31. The number of para-hydroxylation sites is 2. The zero-order valence-corrected chi connectivity index (χ0v) is 17.7. The van der Waals surface area contributed by atoms with Crippen LogP contribution in [0.15, 0.2) is 94.3 Å². The number of nitrogens with one attached hydrogen (secondary N) is 2. The molecule has 3 aromatic carbocycles. The van der Waals surface area contributed by atoms with Crippen molar-refractivity contribution in [1.29, 1.82) is 0 Å². The summed E-state index contributed by atoms with van der Waals surface area (Å²) in [6.07, 6.45) is 1.94. The molecule has 0 saturated carbocycles. The number of aromatic amines is 1. The third kappa shape index (κ3) is 3.67. The maximum Gasteiger partial charge on any atom is 0.349 e. The third-order valence-electron chi connectivity index (χ3n) is 5.63. The van der Waals surface area contributed by atoms with Gasteiger partial charge < -0.3 is 14.7 Å². The standard InChI is InChI=1S/C26H19ClN2O3/c27-22-10-4-2-8-17(22)20(21-14-28-23-11-5-3-9-18(21)23)15-29-25(30)19-13-16-7-1-6-12-24(16)32-26(19)31/h1-14,20,28H,15H2,(H,29,30)/t20-/m1/s1. The molecule has 158 valence electrons. The molecule has 5 nitrogen and oxygen atoms in total. The van der Waals surface area contributed by atoms with E-state index in [0.29, 0.717) is 16.0 Å². The molecule has 0 radical (unpaired) electrons. The summed E-state index contributed by atoms with van der Waals surface area (Å²) in [5, 5.41) is 5.27. The van der Waals surface area contributed by atoms with Crippen LogP contribution >= 0.6 is 11.6 Å². The number of carbonyl (C=O) groups excluding carboxylic acids is 1. The Labute approximate surface area is 188 Å². The fourth-order valence-electron chi connectivity index (χ4n) is 4.04. The predicted molar refractivity (Wildman–Crippen MR) is 126 cm³/mol. The van der Waals surface area contributed by atoms with Gasteiger partial charge >= 0.3 is 5.63 Å². The summed E-state index contributed by atoms with van der Waals surface area (Å²) >= 11 is 6.52. The van der Waals surface area contributed by atoms with Crippen molar-refractivity contribution < 1.29 is 9.21 Å². The van der Waals surface area contributed by atoms with Crippen molar-refractivity contribution in [3.8, 4) is 0 Å². The molecule has 0 saturated heterocycles. The highest BCUT2D eigenvalue weighted by Crippen LogP contribution is 2.34. The van der Waals surface area contributed by atoms with Crippen LogP contribution < -0.4 is 10.9 Å². The second-order valence-corrected chi connectivity index (χ2v) is 7.97. The summed E-state index contributed by atoms with van der Waals surface area (Å²) in [6, 6.07) is 24.2. The van der Waals surface area contributed by atoms with E-state index in [2.05, 4.69) is 10.3 Å². The molecule has 0 aliphatic carbocycles. The van der Waals surface area contributed by atoms with Crippen LogP contribution in [0.1, 0.15) is 27.4 Å². The van der Waals surface area contributed by atoms with Gasteiger partial charge in [-0.15, -0.1) is 0 Å². The van der Waals surface area contributed by atoms with E-state index in [1.807, 2.05) is 60.8 Å². The van der Waals surface area contributed by atoms with Gasteiger partial charge in [0.1, 0.15) is 11.1 Å². The molecule has 0 fully saturated rings. The van der Waals surface area contributed by atoms with Crippen molar-refractivity contribution in [1.82, 2.24) is 10.3 Å². The monoisotopic (exact) mass is 442 g/mol. The summed E-state index contributed by atoms with van der Waals surface area (Å²) in [5.41, 5.74) is 2.66. The quantitative estimate of drug-likeness (QED) is 0.353.